The molecule has 0 bridgehead atoms. The van der Waals surface area contributed by atoms with Crippen molar-refractivity contribution in [3.8, 4) is 11.5 Å². The lowest BCUT2D eigenvalue weighted by Crippen LogP contribution is -2.54. The van der Waals surface area contributed by atoms with Gasteiger partial charge in [0, 0.05) is 0 Å². The fourth-order valence-electron chi connectivity index (χ4n) is 3.42. The highest BCUT2D eigenvalue weighted by molar-refractivity contribution is 6.39. The van der Waals surface area contributed by atoms with E-state index >= 15 is 0 Å². The fraction of sp³-hybridized carbons (Fsp3) is 0.0769. The van der Waals surface area contributed by atoms with Crippen molar-refractivity contribution in [2.75, 3.05) is 12.0 Å². The molecule has 1 saturated heterocycles. The van der Waals surface area contributed by atoms with Crippen LogP contribution in [-0.2, 0) is 9.59 Å². The molecular weight excluding hydrogens is 436 g/mol. The second-order valence-electron chi connectivity index (χ2n) is 7.46. The van der Waals surface area contributed by atoms with Gasteiger partial charge >= 0.3 is 12.0 Å². The fourth-order valence-corrected chi connectivity index (χ4v) is 3.42. The van der Waals surface area contributed by atoms with Crippen molar-refractivity contribution in [3.63, 3.8) is 0 Å². The lowest BCUT2D eigenvalue weighted by molar-refractivity contribution is -0.122. The molecule has 8 heteroatoms. The van der Waals surface area contributed by atoms with Crippen molar-refractivity contribution in [3.05, 3.63) is 95.1 Å². The van der Waals surface area contributed by atoms with E-state index in [-0.39, 0.29) is 17.1 Å². The highest BCUT2D eigenvalue weighted by Crippen LogP contribution is 2.30. The summed E-state index contributed by atoms with van der Waals surface area (Å²) in [6, 6.07) is 19.1. The Hall–Kier alpha value is -4.72. The lowest BCUT2D eigenvalue weighted by Gasteiger charge is -2.26. The molecule has 8 nitrogen and oxygen atoms in total. The maximum Gasteiger partial charge on any atom is 0.343 e. The maximum absolute atomic E-state index is 13.1. The molecule has 0 atom stereocenters. The topological polar surface area (TPSA) is 102 Å². The minimum Gasteiger partial charge on any atom is -0.493 e. The molecule has 170 valence electrons. The zero-order valence-electron chi connectivity index (χ0n) is 18.4. The van der Waals surface area contributed by atoms with E-state index in [1.54, 1.807) is 54.6 Å². The monoisotopic (exact) mass is 456 g/mol. The van der Waals surface area contributed by atoms with Gasteiger partial charge in [0.05, 0.1) is 18.4 Å². The maximum atomic E-state index is 13.1. The van der Waals surface area contributed by atoms with Gasteiger partial charge in [-0.3, -0.25) is 14.9 Å². The summed E-state index contributed by atoms with van der Waals surface area (Å²) < 4.78 is 10.8. The molecular formula is C26H20N2O6. The molecule has 34 heavy (non-hydrogen) atoms. The van der Waals surface area contributed by atoms with E-state index < -0.39 is 23.8 Å². The molecule has 4 rings (SSSR count). The van der Waals surface area contributed by atoms with Gasteiger partial charge in [0.15, 0.2) is 11.5 Å². The van der Waals surface area contributed by atoms with Crippen molar-refractivity contribution >= 4 is 35.6 Å². The van der Waals surface area contributed by atoms with Gasteiger partial charge in [-0.15, -0.1) is 0 Å². The van der Waals surface area contributed by atoms with E-state index in [0.717, 1.165) is 10.5 Å². The average molecular weight is 456 g/mol. The van der Waals surface area contributed by atoms with Crippen molar-refractivity contribution in [1.82, 2.24) is 5.32 Å². The van der Waals surface area contributed by atoms with E-state index in [0.29, 0.717) is 16.8 Å². The van der Waals surface area contributed by atoms with Crippen molar-refractivity contribution < 1.29 is 28.7 Å². The number of aryl methyl sites for hydroxylation is 1. The summed E-state index contributed by atoms with van der Waals surface area (Å²) in [5, 5.41) is 2.19. The van der Waals surface area contributed by atoms with Gasteiger partial charge in [0.2, 0.25) is 0 Å². The summed E-state index contributed by atoms with van der Waals surface area (Å²) >= 11 is 0. The van der Waals surface area contributed by atoms with Gasteiger partial charge in [-0.1, -0.05) is 36.4 Å². The van der Waals surface area contributed by atoms with Gasteiger partial charge in [-0.2, -0.15) is 0 Å². The Morgan fingerprint density at radius 3 is 2.38 bits per heavy atom. The van der Waals surface area contributed by atoms with E-state index in [9.17, 15) is 19.2 Å². The Balaban J connectivity index is 1.63. The number of hydrogen-bond donors (Lipinski definition) is 1. The summed E-state index contributed by atoms with van der Waals surface area (Å²) in [5.74, 6) is -1.71. The van der Waals surface area contributed by atoms with Gasteiger partial charge in [-0.05, 0) is 60.5 Å². The predicted octanol–water partition coefficient (Wildman–Crippen LogP) is 3.89. The number of imide groups is 2. The second kappa shape index (κ2) is 9.41. The molecule has 3 aromatic rings. The number of esters is 1. The Morgan fingerprint density at radius 2 is 1.68 bits per heavy atom. The molecule has 0 saturated carbocycles. The Bertz CT molecular complexity index is 1330. The number of carbonyl (C=O) groups excluding carboxylic acids is 4. The third kappa shape index (κ3) is 4.56. The molecule has 1 aliphatic rings. The first-order chi connectivity index (χ1) is 16.4. The molecule has 0 aromatic heterocycles. The number of amides is 4. The van der Waals surface area contributed by atoms with E-state index in [1.165, 1.54) is 25.3 Å². The summed E-state index contributed by atoms with van der Waals surface area (Å²) in [6.45, 7) is 1.83. The SMILES string of the molecule is COc1cc(C=C2C(=O)NC(=O)N(c3cccc(C)c3)C2=O)ccc1OC(=O)c1ccccc1. The van der Waals surface area contributed by atoms with Crippen LogP contribution < -0.4 is 19.7 Å². The summed E-state index contributed by atoms with van der Waals surface area (Å²) in [7, 11) is 1.41. The number of carbonyl (C=O) groups is 4. The van der Waals surface area contributed by atoms with Crippen LogP contribution in [0.1, 0.15) is 21.5 Å². The van der Waals surface area contributed by atoms with Crippen LogP contribution in [-0.4, -0.2) is 30.9 Å². The van der Waals surface area contributed by atoms with E-state index in [1.807, 2.05) is 13.0 Å². The van der Waals surface area contributed by atoms with Crippen LogP contribution in [0.2, 0.25) is 0 Å². The summed E-state index contributed by atoms with van der Waals surface area (Å²) in [4.78, 5) is 51.1. The van der Waals surface area contributed by atoms with Gasteiger partial charge < -0.3 is 9.47 Å². The van der Waals surface area contributed by atoms with Gasteiger partial charge in [0.25, 0.3) is 11.8 Å². The molecule has 1 heterocycles. The smallest absolute Gasteiger partial charge is 0.343 e. The largest absolute Gasteiger partial charge is 0.493 e. The van der Waals surface area contributed by atoms with Gasteiger partial charge in [-0.25, -0.2) is 14.5 Å². The number of urea groups is 1. The third-order valence-corrected chi connectivity index (χ3v) is 5.07. The molecule has 1 N–H and O–H groups in total. The van der Waals surface area contributed by atoms with Crippen molar-refractivity contribution in [2.45, 2.75) is 6.92 Å². The van der Waals surface area contributed by atoms with E-state index in [2.05, 4.69) is 5.32 Å². The quantitative estimate of drug-likeness (QED) is 0.271. The first-order valence-electron chi connectivity index (χ1n) is 10.3. The normalized spacial score (nSPS) is 14.7. The Labute approximate surface area is 195 Å². The first-order valence-corrected chi connectivity index (χ1v) is 10.3. The summed E-state index contributed by atoms with van der Waals surface area (Å²) in [5.41, 5.74) is 1.79. The zero-order valence-corrected chi connectivity index (χ0v) is 18.4. The average Bonchev–Trinajstić information content (AvgIpc) is 2.83. The lowest BCUT2D eigenvalue weighted by atomic mass is 10.1. The minimum absolute atomic E-state index is 0.175. The highest BCUT2D eigenvalue weighted by atomic mass is 16.6. The van der Waals surface area contributed by atoms with Crippen LogP contribution in [0.5, 0.6) is 11.5 Å². The number of ether oxygens (including phenoxy) is 2. The number of hydrogen-bond acceptors (Lipinski definition) is 6. The van der Waals surface area contributed by atoms with Crippen molar-refractivity contribution in [1.29, 1.82) is 0 Å². The predicted molar refractivity (Wildman–Crippen MR) is 125 cm³/mol. The zero-order chi connectivity index (χ0) is 24.2. The second-order valence-corrected chi connectivity index (χ2v) is 7.46. The van der Waals surface area contributed by atoms with Crippen molar-refractivity contribution in [2.24, 2.45) is 0 Å². The number of methoxy groups -OCH3 is 1. The van der Waals surface area contributed by atoms with Crippen LogP contribution in [0.3, 0.4) is 0 Å². The number of nitrogens with zero attached hydrogens (tertiary/aromatic N) is 1. The summed E-state index contributed by atoms with van der Waals surface area (Å²) in [6.07, 6.45) is 1.35. The number of nitrogens with one attached hydrogen (secondary N) is 1. The minimum atomic E-state index is -0.821. The molecule has 4 amide bonds. The Morgan fingerprint density at radius 1 is 0.912 bits per heavy atom. The van der Waals surface area contributed by atoms with Crippen LogP contribution in [0.4, 0.5) is 10.5 Å². The third-order valence-electron chi connectivity index (χ3n) is 5.07. The molecule has 1 fully saturated rings. The molecule has 1 aliphatic heterocycles. The van der Waals surface area contributed by atoms with Crippen LogP contribution in [0.25, 0.3) is 6.08 Å². The van der Waals surface area contributed by atoms with Crippen LogP contribution >= 0.6 is 0 Å². The molecule has 0 unspecified atom stereocenters. The standard InChI is InChI=1S/C26H20N2O6/c1-16-7-6-10-19(13-16)28-24(30)20(23(29)27-26(28)32)14-17-11-12-21(22(15-17)33-2)34-25(31)18-8-4-3-5-9-18/h3-15H,1-2H3,(H,27,29,32). The molecule has 0 spiro atoms. The number of rotatable bonds is 5. The highest BCUT2D eigenvalue weighted by Gasteiger charge is 2.36. The number of benzene rings is 3. The van der Waals surface area contributed by atoms with Crippen LogP contribution in [0.15, 0.2) is 78.4 Å². The molecule has 0 radical (unpaired) electrons. The number of barbiturate groups is 1. The Kier molecular flexibility index (Phi) is 6.22. The molecule has 0 aliphatic carbocycles. The first kappa shape index (κ1) is 22.5. The molecule has 3 aromatic carbocycles. The number of anilines is 1. The van der Waals surface area contributed by atoms with Crippen LogP contribution in [0, 0.1) is 6.92 Å². The van der Waals surface area contributed by atoms with Gasteiger partial charge in [0.1, 0.15) is 5.57 Å². The van der Waals surface area contributed by atoms with E-state index in [4.69, 9.17) is 9.47 Å².